The van der Waals surface area contributed by atoms with Crippen LogP contribution in [-0.2, 0) is 4.79 Å². The summed E-state index contributed by atoms with van der Waals surface area (Å²) < 4.78 is 0. The van der Waals surface area contributed by atoms with Crippen LogP contribution < -0.4 is 5.32 Å². The van der Waals surface area contributed by atoms with Gasteiger partial charge in [0.15, 0.2) is 0 Å². The minimum absolute atomic E-state index is 0.00537. The number of carbonyl (C=O) groups is 2. The van der Waals surface area contributed by atoms with E-state index in [0.717, 1.165) is 56.7 Å². The van der Waals surface area contributed by atoms with E-state index in [0.29, 0.717) is 19.6 Å². The topological polar surface area (TPSA) is 76.1 Å². The zero-order valence-corrected chi connectivity index (χ0v) is 17.6. The molecule has 160 valence electrons. The predicted molar refractivity (Wildman–Crippen MR) is 114 cm³/mol. The van der Waals surface area contributed by atoms with Crippen LogP contribution in [0.15, 0.2) is 24.3 Å². The van der Waals surface area contributed by atoms with Crippen molar-refractivity contribution in [3.8, 4) is 0 Å². The number of hydrogen-bond donors (Lipinski definition) is 2. The number of likely N-dealkylation sites (tertiary alicyclic amines) is 1. The van der Waals surface area contributed by atoms with Gasteiger partial charge < -0.3 is 20.2 Å². The van der Waals surface area contributed by atoms with Crippen LogP contribution in [0.5, 0.6) is 0 Å². The lowest BCUT2D eigenvalue weighted by atomic mass is 9.95. The first kappa shape index (κ1) is 21.6. The number of carbonyl (C=O) groups excluding carboxylic acids is 2. The second-order valence-corrected chi connectivity index (χ2v) is 8.25. The lowest BCUT2D eigenvalue weighted by molar-refractivity contribution is -0.138. The fraction of sp³-hybridized carbons (Fsp3) is 0.636. The molecule has 0 aromatic heterocycles. The minimum Gasteiger partial charge on any atom is -0.392 e. The first-order chi connectivity index (χ1) is 14.0. The van der Waals surface area contributed by atoms with Crippen molar-refractivity contribution in [1.82, 2.24) is 14.7 Å². The van der Waals surface area contributed by atoms with Gasteiger partial charge in [-0.25, -0.2) is 4.79 Å². The van der Waals surface area contributed by atoms with Crippen molar-refractivity contribution in [2.75, 3.05) is 51.1 Å². The van der Waals surface area contributed by atoms with Crippen molar-refractivity contribution in [3.05, 3.63) is 29.8 Å². The van der Waals surface area contributed by atoms with Gasteiger partial charge in [-0.1, -0.05) is 19.1 Å². The third-order valence-corrected chi connectivity index (χ3v) is 6.02. The van der Waals surface area contributed by atoms with Crippen molar-refractivity contribution in [3.63, 3.8) is 0 Å². The summed E-state index contributed by atoms with van der Waals surface area (Å²) in [5, 5.41) is 12.8. The summed E-state index contributed by atoms with van der Waals surface area (Å²) in [6, 6.07) is 7.68. The Morgan fingerprint density at radius 2 is 1.79 bits per heavy atom. The van der Waals surface area contributed by atoms with E-state index < -0.39 is 0 Å². The molecule has 0 radical (unpaired) electrons. The summed E-state index contributed by atoms with van der Waals surface area (Å²) in [5.41, 5.74) is 1.91. The maximum atomic E-state index is 12.9. The van der Waals surface area contributed by atoms with E-state index in [9.17, 15) is 14.7 Å². The molecule has 29 heavy (non-hydrogen) atoms. The Balaban J connectivity index is 1.42. The van der Waals surface area contributed by atoms with Gasteiger partial charge in [0.25, 0.3) is 0 Å². The number of aliphatic hydroxyl groups is 1. The Labute approximate surface area is 173 Å². The number of urea groups is 1. The van der Waals surface area contributed by atoms with Crippen LogP contribution in [0, 0.1) is 12.8 Å². The number of hydrogen-bond acceptors (Lipinski definition) is 4. The molecule has 3 rings (SSSR count). The van der Waals surface area contributed by atoms with Gasteiger partial charge in [0.05, 0.1) is 6.10 Å². The Bertz CT molecular complexity index is 695. The van der Waals surface area contributed by atoms with E-state index in [4.69, 9.17) is 0 Å². The predicted octanol–water partition coefficient (Wildman–Crippen LogP) is 2.15. The number of benzene rings is 1. The molecule has 0 saturated carbocycles. The van der Waals surface area contributed by atoms with Crippen LogP contribution in [0.25, 0.3) is 0 Å². The number of piperazine rings is 1. The Morgan fingerprint density at radius 1 is 1.10 bits per heavy atom. The maximum absolute atomic E-state index is 12.9. The molecule has 2 saturated heterocycles. The molecule has 2 aliphatic heterocycles. The Morgan fingerprint density at radius 3 is 2.41 bits per heavy atom. The molecule has 1 aromatic carbocycles. The quantitative estimate of drug-likeness (QED) is 0.791. The van der Waals surface area contributed by atoms with E-state index in [1.807, 2.05) is 43.0 Å². The molecule has 2 aliphatic rings. The lowest BCUT2D eigenvalue weighted by Gasteiger charge is -2.39. The van der Waals surface area contributed by atoms with Crippen LogP contribution in [0.4, 0.5) is 10.5 Å². The first-order valence-electron chi connectivity index (χ1n) is 10.8. The summed E-state index contributed by atoms with van der Waals surface area (Å²) in [4.78, 5) is 31.4. The van der Waals surface area contributed by atoms with Gasteiger partial charge in [0, 0.05) is 57.4 Å². The van der Waals surface area contributed by atoms with E-state index in [-0.39, 0.29) is 24.0 Å². The molecular weight excluding hydrogens is 368 g/mol. The van der Waals surface area contributed by atoms with Gasteiger partial charge in [0.2, 0.25) is 5.91 Å². The zero-order valence-electron chi connectivity index (χ0n) is 17.6. The molecule has 2 heterocycles. The van der Waals surface area contributed by atoms with Gasteiger partial charge in [-0.2, -0.15) is 0 Å². The zero-order chi connectivity index (χ0) is 20.8. The highest BCUT2D eigenvalue weighted by Crippen LogP contribution is 2.21. The van der Waals surface area contributed by atoms with Crippen LogP contribution >= 0.6 is 0 Å². The average molecular weight is 403 g/mol. The van der Waals surface area contributed by atoms with Crippen LogP contribution in [-0.4, -0.2) is 83.7 Å². The van der Waals surface area contributed by atoms with E-state index in [1.165, 1.54) is 0 Å². The molecule has 7 heteroatoms. The summed E-state index contributed by atoms with van der Waals surface area (Å²) in [6.07, 6.45) is 1.91. The highest BCUT2D eigenvalue weighted by molar-refractivity contribution is 5.89. The molecule has 3 amide bonds. The van der Waals surface area contributed by atoms with Crippen LogP contribution in [0.2, 0.25) is 0 Å². The van der Waals surface area contributed by atoms with Gasteiger partial charge in [-0.3, -0.25) is 9.69 Å². The van der Waals surface area contributed by atoms with Crippen molar-refractivity contribution in [2.24, 2.45) is 5.92 Å². The number of nitrogens with one attached hydrogen (secondary N) is 1. The molecule has 2 N–H and O–H groups in total. The van der Waals surface area contributed by atoms with Gasteiger partial charge in [-0.05, 0) is 43.9 Å². The first-order valence-corrected chi connectivity index (χ1v) is 10.8. The standard InChI is InChI=1S/C22H34N4O3/c1-3-20(27)16-24-11-13-25(14-12-24)21(28)18-7-9-26(10-8-18)22(29)23-19-6-4-5-17(2)15-19/h4-6,15,18,20,27H,3,7-14,16H2,1-2H3,(H,23,29). The van der Waals surface area contributed by atoms with Gasteiger partial charge in [0.1, 0.15) is 0 Å². The third-order valence-electron chi connectivity index (χ3n) is 6.02. The summed E-state index contributed by atoms with van der Waals surface area (Å²) >= 11 is 0. The van der Waals surface area contributed by atoms with Crippen molar-refractivity contribution in [2.45, 2.75) is 39.2 Å². The SMILES string of the molecule is CCC(O)CN1CCN(C(=O)C2CCN(C(=O)Nc3cccc(C)c3)CC2)CC1. The normalized spacial score (nSPS) is 19.8. The maximum Gasteiger partial charge on any atom is 0.321 e. The number of rotatable bonds is 5. The Kier molecular flexibility index (Phi) is 7.50. The average Bonchev–Trinajstić information content (AvgIpc) is 2.74. The minimum atomic E-state index is -0.285. The molecule has 1 aromatic rings. The van der Waals surface area contributed by atoms with Crippen molar-refractivity contribution < 1.29 is 14.7 Å². The fourth-order valence-electron chi connectivity index (χ4n) is 4.09. The van der Waals surface area contributed by atoms with E-state index in [1.54, 1.807) is 4.90 Å². The smallest absolute Gasteiger partial charge is 0.321 e. The summed E-state index contributed by atoms with van der Waals surface area (Å²) in [7, 11) is 0. The van der Waals surface area contributed by atoms with Crippen LogP contribution in [0.3, 0.4) is 0 Å². The number of aliphatic hydroxyl groups excluding tert-OH is 1. The molecular formula is C22H34N4O3. The highest BCUT2D eigenvalue weighted by Gasteiger charge is 2.31. The molecule has 2 fully saturated rings. The monoisotopic (exact) mass is 402 g/mol. The molecule has 1 atom stereocenters. The van der Waals surface area contributed by atoms with E-state index >= 15 is 0 Å². The van der Waals surface area contributed by atoms with Crippen molar-refractivity contribution in [1.29, 1.82) is 0 Å². The number of piperidine rings is 1. The van der Waals surface area contributed by atoms with Gasteiger partial charge >= 0.3 is 6.03 Å². The molecule has 1 unspecified atom stereocenters. The second kappa shape index (κ2) is 10.1. The third kappa shape index (κ3) is 5.93. The fourth-order valence-corrected chi connectivity index (χ4v) is 4.09. The largest absolute Gasteiger partial charge is 0.392 e. The van der Waals surface area contributed by atoms with Gasteiger partial charge in [-0.15, -0.1) is 0 Å². The second-order valence-electron chi connectivity index (χ2n) is 8.25. The molecule has 0 spiro atoms. The van der Waals surface area contributed by atoms with Crippen LogP contribution in [0.1, 0.15) is 31.7 Å². The van der Waals surface area contributed by atoms with Crippen molar-refractivity contribution >= 4 is 17.6 Å². The number of anilines is 1. The number of nitrogens with zero attached hydrogens (tertiary/aromatic N) is 3. The Hall–Kier alpha value is -2.12. The molecule has 7 nitrogen and oxygen atoms in total. The number of aryl methyl sites for hydroxylation is 1. The molecule has 0 aliphatic carbocycles. The number of amides is 3. The van der Waals surface area contributed by atoms with E-state index in [2.05, 4.69) is 10.2 Å². The summed E-state index contributed by atoms with van der Waals surface area (Å²) in [6.45, 7) is 8.98. The lowest BCUT2D eigenvalue weighted by Crippen LogP contribution is -2.53. The molecule has 0 bridgehead atoms. The highest BCUT2D eigenvalue weighted by atomic mass is 16.3. The number of β-amino-alcohol motifs (C(OH)–C–C–N with tert-alkyl or cyclic N) is 1. The summed E-state index contributed by atoms with van der Waals surface area (Å²) in [5.74, 6) is 0.227.